The molecule has 1 aliphatic heterocycles. The fourth-order valence-corrected chi connectivity index (χ4v) is 3.48. The van der Waals surface area contributed by atoms with E-state index in [-0.39, 0.29) is 12.7 Å². The van der Waals surface area contributed by atoms with Crippen LogP contribution >= 0.6 is 0 Å². The van der Waals surface area contributed by atoms with Crippen LogP contribution in [0.15, 0.2) is 30.3 Å². The molecule has 1 saturated heterocycles. The van der Waals surface area contributed by atoms with Gasteiger partial charge in [-0.2, -0.15) is 0 Å². The second-order valence-corrected chi connectivity index (χ2v) is 6.83. The van der Waals surface area contributed by atoms with E-state index < -0.39 is 0 Å². The predicted octanol–water partition coefficient (Wildman–Crippen LogP) is 2.63. The highest BCUT2D eigenvalue weighted by molar-refractivity contribution is 5.68. The van der Waals surface area contributed by atoms with Crippen molar-refractivity contribution in [3.63, 3.8) is 0 Å². The molecule has 1 heterocycles. The van der Waals surface area contributed by atoms with Gasteiger partial charge in [0.15, 0.2) is 0 Å². The number of nitrogens with zero attached hydrogens (tertiary/aromatic N) is 2. The van der Waals surface area contributed by atoms with E-state index in [1.165, 1.54) is 12.8 Å². The predicted molar refractivity (Wildman–Crippen MR) is 92.7 cm³/mol. The Balaban J connectivity index is 1.56. The number of aliphatic hydroxyl groups excluding tert-OH is 1. The van der Waals surface area contributed by atoms with Crippen molar-refractivity contribution in [2.24, 2.45) is 0 Å². The van der Waals surface area contributed by atoms with Crippen molar-refractivity contribution in [2.45, 2.75) is 50.8 Å². The second kappa shape index (κ2) is 8.49. The standard InChI is InChI=1S/C19H28N2O3/c22-13-12-20-11-5-4-8-18(20)14-21(17-9-10-17)19(23)24-15-16-6-2-1-3-7-16/h1-3,6-7,17-18,22H,4-5,8-15H2/t18-/m1/s1. The van der Waals surface area contributed by atoms with Crippen LogP contribution in [0.4, 0.5) is 4.79 Å². The highest BCUT2D eigenvalue weighted by Crippen LogP contribution is 2.29. The SMILES string of the molecule is O=C(OCc1ccccc1)N(C[C@H]1CCCCN1CCO)C1CC1. The van der Waals surface area contributed by atoms with Crippen LogP contribution in [-0.4, -0.2) is 59.3 Å². The van der Waals surface area contributed by atoms with Crippen molar-refractivity contribution >= 4 is 6.09 Å². The number of rotatable bonds is 7. The Labute approximate surface area is 144 Å². The molecule has 0 spiro atoms. The molecule has 0 unspecified atom stereocenters. The number of piperidine rings is 1. The van der Waals surface area contributed by atoms with Crippen LogP contribution in [0.2, 0.25) is 0 Å². The molecule has 1 atom stereocenters. The molecule has 1 saturated carbocycles. The summed E-state index contributed by atoms with van der Waals surface area (Å²) in [6, 6.07) is 10.5. The first-order valence-corrected chi connectivity index (χ1v) is 9.10. The number of β-amino-alcohol motifs (C(OH)–C–C–N with tert-alkyl or cyclic N) is 1. The summed E-state index contributed by atoms with van der Waals surface area (Å²) in [6.45, 7) is 2.94. The first-order chi connectivity index (χ1) is 11.8. The van der Waals surface area contributed by atoms with Gasteiger partial charge >= 0.3 is 6.09 Å². The van der Waals surface area contributed by atoms with Crippen LogP contribution in [0.25, 0.3) is 0 Å². The summed E-state index contributed by atoms with van der Waals surface area (Å²) in [7, 11) is 0. The van der Waals surface area contributed by atoms with Crippen molar-refractivity contribution in [2.75, 3.05) is 26.2 Å². The summed E-state index contributed by atoms with van der Waals surface area (Å²) < 4.78 is 5.55. The Bertz CT molecular complexity index is 517. The molecule has 24 heavy (non-hydrogen) atoms. The zero-order valence-electron chi connectivity index (χ0n) is 14.3. The van der Waals surface area contributed by atoms with Crippen LogP contribution in [0, 0.1) is 0 Å². The molecule has 2 aliphatic rings. The molecule has 1 amide bonds. The lowest BCUT2D eigenvalue weighted by Crippen LogP contribution is -2.49. The van der Waals surface area contributed by atoms with E-state index in [2.05, 4.69) is 4.90 Å². The summed E-state index contributed by atoms with van der Waals surface area (Å²) in [4.78, 5) is 16.8. The molecule has 0 bridgehead atoms. The third kappa shape index (κ3) is 4.71. The zero-order chi connectivity index (χ0) is 16.8. The van der Waals surface area contributed by atoms with Gasteiger partial charge in [-0.05, 0) is 37.8 Å². The highest BCUT2D eigenvalue weighted by atomic mass is 16.6. The minimum atomic E-state index is -0.198. The molecule has 0 radical (unpaired) electrons. The number of carbonyl (C=O) groups excluding carboxylic acids is 1. The molecule has 1 N–H and O–H groups in total. The van der Waals surface area contributed by atoms with Gasteiger partial charge in [-0.1, -0.05) is 36.8 Å². The second-order valence-electron chi connectivity index (χ2n) is 6.83. The Morgan fingerprint density at radius 3 is 2.71 bits per heavy atom. The number of carbonyl (C=O) groups is 1. The van der Waals surface area contributed by atoms with Gasteiger partial charge in [-0.15, -0.1) is 0 Å². The lowest BCUT2D eigenvalue weighted by atomic mass is 10.0. The van der Waals surface area contributed by atoms with E-state index in [4.69, 9.17) is 4.74 Å². The molecular weight excluding hydrogens is 304 g/mol. The molecule has 5 nitrogen and oxygen atoms in total. The van der Waals surface area contributed by atoms with E-state index in [0.717, 1.165) is 37.9 Å². The number of aliphatic hydroxyl groups is 1. The summed E-state index contributed by atoms with van der Waals surface area (Å²) >= 11 is 0. The molecule has 132 valence electrons. The minimum absolute atomic E-state index is 0.179. The molecule has 3 rings (SSSR count). The van der Waals surface area contributed by atoms with Gasteiger partial charge in [0.05, 0.1) is 6.61 Å². The van der Waals surface area contributed by atoms with E-state index >= 15 is 0 Å². The quantitative estimate of drug-likeness (QED) is 0.834. The highest BCUT2D eigenvalue weighted by Gasteiger charge is 2.36. The van der Waals surface area contributed by atoms with Gasteiger partial charge < -0.3 is 14.7 Å². The van der Waals surface area contributed by atoms with Crippen LogP contribution in [-0.2, 0) is 11.3 Å². The average Bonchev–Trinajstić information content (AvgIpc) is 3.45. The van der Waals surface area contributed by atoms with E-state index in [9.17, 15) is 9.90 Å². The van der Waals surface area contributed by atoms with Crippen LogP contribution in [0.1, 0.15) is 37.7 Å². The van der Waals surface area contributed by atoms with Gasteiger partial charge in [0, 0.05) is 25.2 Å². The van der Waals surface area contributed by atoms with Crippen molar-refractivity contribution in [1.82, 2.24) is 9.80 Å². The van der Waals surface area contributed by atoms with Gasteiger partial charge in [0.2, 0.25) is 0 Å². The van der Waals surface area contributed by atoms with Gasteiger partial charge in [-0.3, -0.25) is 4.90 Å². The van der Waals surface area contributed by atoms with Crippen molar-refractivity contribution < 1.29 is 14.6 Å². The normalized spacial score (nSPS) is 21.5. The summed E-state index contributed by atoms with van der Waals surface area (Å²) in [5.74, 6) is 0. The third-order valence-electron chi connectivity index (χ3n) is 4.97. The van der Waals surface area contributed by atoms with Crippen molar-refractivity contribution in [3.05, 3.63) is 35.9 Å². The molecule has 0 aromatic heterocycles. The van der Waals surface area contributed by atoms with Crippen LogP contribution < -0.4 is 0 Å². The Hall–Kier alpha value is -1.59. The first-order valence-electron chi connectivity index (χ1n) is 9.10. The monoisotopic (exact) mass is 332 g/mol. The van der Waals surface area contributed by atoms with Gasteiger partial charge in [0.1, 0.15) is 6.61 Å². The Morgan fingerprint density at radius 2 is 2.00 bits per heavy atom. The Kier molecular flexibility index (Phi) is 6.10. The first kappa shape index (κ1) is 17.2. The maximum atomic E-state index is 12.6. The maximum absolute atomic E-state index is 12.6. The lowest BCUT2D eigenvalue weighted by Gasteiger charge is -2.38. The number of ether oxygens (including phenoxy) is 1. The van der Waals surface area contributed by atoms with Gasteiger partial charge in [-0.25, -0.2) is 4.79 Å². The number of amides is 1. The molecule has 2 fully saturated rings. The summed E-state index contributed by atoms with van der Waals surface area (Å²) in [5.41, 5.74) is 1.01. The van der Waals surface area contributed by atoms with E-state index in [1.54, 1.807) is 0 Å². The minimum Gasteiger partial charge on any atom is -0.445 e. The van der Waals surface area contributed by atoms with Crippen LogP contribution in [0.5, 0.6) is 0 Å². The molecule has 1 aliphatic carbocycles. The van der Waals surface area contributed by atoms with Gasteiger partial charge in [0.25, 0.3) is 0 Å². The number of hydrogen-bond acceptors (Lipinski definition) is 4. The smallest absolute Gasteiger partial charge is 0.410 e. The molecular formula is C19H28N2O3. The fourth-order valence-electron chi connectivity index (χ4n) is 3.48. The maximum Gasteiger partial charge on any atom is 0.410 e. The van der Waals surface area contributed by atoms with E-state index in [1.807, 2.05) is 35.2 Å². The largest absolute Gasteiger partial charge is 0.445 e. The molecule has 5 heteroatoms. The zero-order valence-corrected chi connectivity index (χ0v) is 14.3. The molecule has 1 aromatic rings. The summed E-state index contributed by atoms with van der Waals surface area (Å²) in [5, 5.41) is 9.26. The topological polar surface area (TPSA) is 53.0 Å². The lowest BCUT2D eigenvalue weighted by molar-refractivity contribution is 0.0598. The third-order valence-corrected chi connectivity index (χ3v) is 4.97. The number of likely N-dealkylation sites (tertiary alicyclic amines) is 1. The number of hydrogen-bond donors (Lipinski definition) is 1. The van der Waals surface area contributed by atoms with E-state index in [0.29, 0.717) is 25.2 Å². The van der Waals surface area contributed by atoms with Crippen molar-refractivity contribution in [1.29, 1.82) is 0 Å². The van der Waals surface area contributed by atoms with Crippen LogP contribution in [0.3, 0.4) is 0 Å². The number of benzene rings is 1. The fraction of sp³-hybridized carbons (Fsp3) is 0.632. The Morgan fingerprint density at radius 1 is 1.21 bits per heavy atom. The average molecular weight is 332 g/mol. The van der Waals surface area contributed by atoms with Crippen molar-refractivity contribution in [3.8, 4) is 0 Å². The summed E-state index contributed by atoms with van der Waals surface area (Å²) in [6.07, 6.45) is 5.42. The molecule has 1 aromatic carbocycles.